The van der Waals surface area contributed by atoms with E-state index in [1.54, 1.807) is 0 Å². The number of fused-ring (bicyclic) bond motifs is 6. The first kappa shape index (κ1) is 28.7. The average Bonchev–Trinajstić information content (AvgIpc) is 3.44. The number of hydrogen-bond acceptors (Lipinski definition) is 2. The maximum Gasteiger partial charge on any atom is 0.196 e. The van der Waals surface area contributed by atoms with E-state index < -0.39 is 0 Å². The maximum atomic E-state index is 14.3. The van der Waals surface area contributed by atoms with Crippen molar-refractivity contribution in [2.75, 3.05) is 4.90 Å². The van der Waals surface area contributed by atoms with Crippen LogP contribution < -0.4 is 4.90 Å². The van der Waals surface area contributed by atoms with Crippen molar-refractivity contribution in [1.29, 1.82) is 0 Å². The number of rotatable bonds is 5. The zero-order valence-electron chi connectivity index (χ0n) is 26.4. The molecule has 0 spiro atoms. The summed E-state index contributed by atoms with van der Waals surface area (Å²) in [6, 6.07) is 46.8. The molecule has 2 aliphatic carbocycles. The van der Waals surface area contributed by atoms with Crippen molar-refractivity contribution in [3.63, 3.8) is 0 Å². The lowest BCUT2D eigenvalue weighted by atomic mass is 9.82. The van der Waals surface area contributed by atoms with Crippen molar-refractivity contribution in [3.05, 3.63) is 171 Å². The second-order valence-electron chi connectivity index (χ2n) is 13.5. The van der Waals surface area contributed by atoms with Gasteiger partial charge in [-0.25, -0.2) is 0 Å². The smallest absolute Gasteiger partial charge is 0.196 e. The molecule has 46 heavy (non-hydrogen) atoms. The van der Waals surface area contributed by atoms with Crippen molar-refractivity contribution in [2.24, 2.45) is 0 Å². The Bertz CT molecular complexity index is 2100. The third-order valence-corrected chi connectivity index (χ3v) is 10.9. The zero-order valence-corrected chi connectivity index (χ0v) is 28.0. The van der Waals surface area contributed by atoms with Gasteiger partial charge in [-0.3, -0.25) is 4.79 Å². The Morgan fingerprint density at radius 2 is 0.935 bits per heavy atom. The molecule has 0 fully saturated rings. The van der Waals surface area contributed by atoms with Crippen LogP contribution in [0.3, 0.4) is 0 Å². The number of ketones is 1. The highest BCUT2D eigenvalue weighted by Crippen LogP contribution is 2.53. The van der Waals surface area contributed by atoms with Gasteiger partial charge in [0.25, 0.3) is 0 Å². The number of carbonyl (C=O) groups excluding carboxylic acids is 1. The minimum atomic E-state index is -0.153. The lowest BCUT2D eigenvalue weighted by molar-refractivity contribution is 0.103. The van der Waals surface area contributed by atoms with Gasteiger partial charge in [-0.2, -0.15) is 0 Å². The molecule has 2 aliphatic rings. The molecule has 6 aromatic carbocycles. The first-order valence-electron chi connectivity index (χ1n) is 15.8. The number of halogens is 1. The van der Waals surface area contributed by atoms with Gasteiger partial charge in [0.15, 0.2) is 5.78 Å². The zero-order chi connectivity index (χ0) is 31.8. The SMILES string of the molecule is CC1(C)c2ccccc2-c2ccc(N(c3ccc4c(c3)C(C)(C)c3ccccc3-4)c3ccccc3C(=O)c3ccccc3Br)cc21. The van der Waals surface area contributed by atoms with Crippen LogP contribution >= 0.6 is 15.9 Å². The molecule has 8 rings (SSSR count). The highest BCUT2D eigenvalue weighted by molar-refractivity contribution is 9.10. The molecule has 0 bridgehead atoms. The van der Waals surface area contributed by atoms with Crippen LogP contribution in [-0.4, -0.2) is 5.78 Å². The molecule has 0 aliphatic heterocycles. The van der Waals surface area contributed by atoms with Crippen LogP contribution in [0.1, 0.15) is 65.9 Å². The van der Waals surface area contributed by atoms with Crippen molar-refractivity contribution in [1.82, 2.24) is 0 Å². The Morgan fingerprint density at radius 3 is 1.48 bits per heavy atom. The molecule has 2 nitrogen and oxygen atoms in total. The van der Waals surface area contributed by atoms with Gasteiger partial charge in [0.05, 0.1) is 5.69 Å². The van der Waals surface area contributed by atoms with Crippen molar-refractivity contribution in [2.45, 2.75) is 38.5 Å². The number of para-hydroxylation sites is 1. The fraction of sp³-hybridized carbons (Fsp3) is 0.140. The molecule has 0 radical (unpaired) electrons. The third kappa shape index (κ3) is 4.18. The van der Waals surface area contributed by atoms with Gasteiger partial charge in [0.1, 0.15) is 0 Å². The van der Waals surface area contributed by atoms with Gasteiger partial charge >= 0.3 is 0 Å². The predicted octanol–water partition coefficient (Wildman–Crippen LogP) is 11.8. The maximum absolute atomic E-state index is 14.3. The quantitative estimate of drug-likeness (QED) is 0.172. The largest absolute Gasteiger partial charge is 0.310 e. The Hall–Kier alpha value is -4.73. The standard InChI is InChI=1S/C43H34BrNO/c1-42(2)35-17-9-5-13-29(35)31-23-21-27(25-37(31)42)45(40-20-12-8-16-34(40)41(46)33-15-7-11-19-39(33)44)28-22-24-32-30-14-6-10-18-36(30)43(3,4)38(32)26-28/h5-26H,1-4H3. The molecule has 224 valence electrons. The van der Waals surface area contributed by atoms with E-state index in [0.717, 1.165) is 21.5 Å². The van der Waals surface area contributed by atoms with Crippen LogP contribution in [0.25, 0.3) is 22.3 Å². The summed E-state index contributed by atoms with van der Waals surface area (Å²) in [6.07, 6.45) is 0. The topological polar surface area (TPSA) is 20.3 Å². The number of benzene rings is 6. The van der Waals surface area contributed by atoms with Crippen LogP contribution in [0.15, 0.2) is 138 Å². The lowest BCUT2D eigenvalue weighted by Crippen LogP contribution is -2.19. The van der Waals surface area contributed by atoms with Crippen molar-refractivity contribution < 1.29 is 4.79 Å². The van der Waals surface area contributed by atoms with E-state index in [2.05, 4.69) is 140 Å². The molecule has 0 aromatic heterocycles. The van der Waals surface area contributed by atoms with E-state index >= 15 is 0 Å². The Balaban J connectivity index is 1.36. The molecule has 6 aromatic rings. The van der Waals surface area contributed by atoms with Crippen LogP contribution in [0.2, 0.25) is 0 Å². The van der Waals surface area contributed by atoms with Gasteiger partial charge < -0.3 is 4.90 Å². The highest BCUT2D eigenvalue weighted by atomic mass is 79.9. The number of anilines is 3. The summed E-state index contributed by atoms with van der Waals surface area (Å²) in [7, 11) is 0. The van der Waals surface area contributed by atoms with Crippen LogP contribution in [0.4, 0.5) is 17.1 Å². The minimum absolute atomic E-state index is 0.0177. The second kappa shape index (κ2) is 10.4. The summed E-state index contributed by atoms with van der Waals surface area (Å²) < 4.78 is 0.787. The van der Waals surface area contributed by atoms with Gasteiger partial charge in [-0.05, 0) is 93.0 Å². The van der Waals surface area contributed by atoms with Gasteiger partial charge in [0.2, 0.25) is 0 Å². The highest BCUT2D eigenvalue weighted by Gasteiger charge is 2.38. The molecule has 0 unspecified atom stereocenters. The first-order chi connectivity index (χ1) is 22.2. The Labute approximate surface area is 279 Å². The van der Waals surface area contributed by atoms with E-state index in [-0.39, 0.29) is 16.6 Å². The fourth-order valence-electron chi connectivity index (χ4n) is 7.74. The first-order valence-corrected chi connectivity index (χ1v) is 16.6. The van der Waals surface area contributed by atoms with E-state index in [1.165, 1.54) is 44.5 Å². The van der Waals surface area contributed by atoms with Gasteiger partial charge in [0, 0.05) is 37.8 Å². The van der Waals surface area contributed by atoms with E-state index in [0.29, 0.717) is 11.1 Å². The normalized spacial score (nSPS) is 14.6. The predicted molar refractivity (Wildman–Crippen MR) is 194 cm³/mol. The fourth-order valence-corrected chi connectivity index (χ4v) is 8.21. The van der Waals surface area contributed by atoms with E-state index in [4.69, 9.17) is 0 Å². The Kier molecular flexibility index (Phi) is 6.49. The molecule has 0 atom stereocenters. The molecule has 0 amide bonds. The lowest BCUT2D eigenvalue weighted by Gasteiger charge is -2.31. The molecule has 3 heteroatoms. The molecule has 0 saturated carbocycles. The van der Waals surface area contributed by atoms with Crippen LogP contribution in [-0.2, 0) is 10.8 Å². The Morgan fingerprint density at radius 1 is 0.500 bits per heavy atom. The van der Waals surface area contributed by atoms with Crippen LogP contribution in [0.5, 0.6) is 0 Å². The summed E-state index contributed by atoms with van der Waals surface area (Å²) in [4.78, 5) is 16.6. The molecular formula is C43H34BrNO. The minimum Gasteiger partial charge on any atom is -0.310 e. The summed E-state index contributed by atoms with van der Waals surface area (Å²) in [6.45, 7) is 9.24. The van der Waals surface area contributed by atoms with Gasteiger partial charge in [-0.1, -0.05) is 129 Å². The molecule has 0 saturated heterocycles. The summed E-state index contributed by atoms with van der Waals surface area (Å²) in [5, 5.41) is 0. The van der Waals surface area contributed by atoms with Crippen molar-refractivity contribution >= 4 is 38.8 Å². The number of hydrogen-bond donors (Lipinski definition) is 0. The molecular weight excluding hydrogens is 626 g/mol. The number of nitrogens with zero attached hydrogens (tertiary/aromatic N) is 1. The van der Waals surface area contributed by atoms with Gasteiger partial charge in [-0.15, -0.1) is 0 Å². The monoisotopic (exact) mass is 659 g/mol. The second-order valence-corrected chi connectivity index (χ2v) is 14.3. The average molecular weight is 661 g/mol. The summed E-state index contributed by atoms with van der Waals surface area (Å²) in [5.41, 5.74) is 14.3. The number of carbonyl (C=O) groups is 1. The molecule has 0 heterocycles. The summed E-state index contributed by atoms with van der Waals surface area (Å²) in [5.74, 6) is -0.0177. The van der Waals surface area contributed by atoms with E-state index in [9.17, 15) is 4.79 Å². The molecule has 0 N–H and O–H groups in total. The van der Waals surface area contributed by atoms with Crippen LogP contribution in [0, 0.1) is 0 Å². The van der Waals surface area contributed by atoms with E-state index in [1.807, 2.05) is 42.5 Å². The van der Waals surface area contributed by atoms with Crippen molar-refractivity contribution in [3.8, 4) is 22.3 Å². The third-order valence-electron chi connectivity index (χ3n) is 10.2. The summed E-state index contributed by atoms with van der Waals surface area (Å²) >= 11 is 3.63.